The molecule has 0 aliphatic rings. The lowest BCUT2D eigenvalue weighted by atomic mass is 10.1. The molecule has 0 saturated carbocycles. The highest BCUT2D eigenvalue weighted by molar-refractivity contribution is 7.16. The Balaban J connectivity index is 2.03. The molecule has 1 aromatic carbocycles. The van der Waals surface area contributed by atoms with Gasteiger partial charge in [-0.3, -0.25) is 0 Å². The summed E-state index contributed by atoms with van der Waals surface area (Å²) in [6.45, 7) is 31.4. The van der Waals surface area contributed by atoms with Crippen molar-refractivity contribution >= 4 is 27.7 Å². The van der Waals surface area contributed by atoms with Crippen molar-refractivity contribution in [3.63, 3.8) is 0 Å². The zero-order valence-electron chi connectivity index (χ0n) is 30.3. The molecule has 0 saturated heterocycles. The van der Waals surface area contributed by atoms with Crippen molar-refractivity contribution in [2.24, 2.45) is 10.2 Å². The number of ether oxygens (including phenoxy) is 3. The molecule has 2 rings (SSSR count). The number of azo groups is 1. The van der Waals surface area contributed by atoms with Gasteiger partial charge in [0.2, 0.25) is 0 Å². The summed E-state index contributed by atoms with van der Waals surface area (Å²) in [5, 5.41) is 28.1. The number of rotatable bonds is 24. The Bertz CT molecular complexity index is 1310. The van der Waals surface area contributed by atoms with E-state index in [-0.39, 0.29) is 0 Å². The van der Waals surface area contributed by atoms with E-state index in [1.54, 1.807) is 6.92 Å². The third-order valence-corrected chi connectivity index (χ3v) is 11.0. The summed E-state index contributed by atoms with van der Waals surface area (Å²) in [6.07, 6.45) is 0. The number of likely N-dealkylation sites (N-methyl/N-ethyl adjacent to an activating group) is 2. The van der Waals surface area contributed by atoms with Gasteiger partial charge in [0.1, 0.15) is 30.1 Å². The smallest absolute Gasteiger partial charge is 0.158 e. The van der Waals surface area contributed by atoms with Crippen LogP contribution in [0.4, 0.5) is 16.4 Å². The molecule has 0 amide bonds. The molecule has 47 heavy (non-hydrogen) atoms. The normalized spacial score (nSPS) is 12.0. The van der Waals surface area contributed by atoms with E-state index in [1.165, 1.54) is 11.3 Å². The summed E-state index contributed by atoms with van der Waals surface area (Å²) in [5.41, 5.74) is 3.81. The Hall–Kier alpha value is -2.90. The predicted octanol–water partition coefficient (Wildman–Crippen LogP) is 7.13. The van der Waals surface area contributed by atoms with E-state index in [1.807, 2.05) is 19.1 Å². The van der Waals surface area contributed by atoms with Crippen LogP contribution in [0, 0.1) is 36.5 Å². The van der Waals surface area contributed by atoms with Gasteiger partial charge < -0.3 is 28.1 Å². The van der Waals surface area contributed by atoms with Gasteiger partial charge in [0, 0.05) is 18.8 Å². The van der Waals surface area contributed by atoms with E-state index in [2.05, 4.69) is 74.9 Å². The van der Waals surface area contributed by atoms with E-state index in [0.29, 0.717) is 47.4 Å². The third-order valence-electron chi connectivity index (χ3n) is 9.96. The van der Waals surface area contributed by atoms with E-state index >= 15 is 0 Å². The van der Waals surface area contributed by atoms with Gasteiger partial charge in [0.15, 0.2) is 5.00 Å². The number of anilines is 1. The maximum absolute atomic E-state index is 9.55. The third kappa shape index (κ3) is 11.9. The second-order valence-corrected chi connectivity index (χ2v) is 13.0. The number of nitrogens with zero attached hydrogens (tertiary/aromatic N) is 7. The molecule has 0 N–H and O–H groups in total. The van der Waals surface area contributed by atoms with Crippen LogP contribution in [0.1, 0.15) is 63.1 Å². The van der Waals surface area contributed by atoms with Crippen LogP contribution in [0.5, 0.6) is 0 Å². The Kier molecular flexibility index (Phi) is 18.1. The largest absolute Gasteiger partial charge is 0.377 e. The summed E-state index contributed by atoms with van der Waals surface area (Å²) in [6, 6.07) is 10.4. The van der Waals surface area contributed by atoms with Crippen molar-refractivity contribution in [3.8, 4) is 12.1 Å². The van der Waals surface area contributed by atoms with E-state index in [4.69, 9.17) is 14.2 Å². The topological polar surface area (TPSA) is 103 Å². The van der Waals surface area contributed by atoms with Crippen LogP contribution in [0.2, 0.25) is 0 Å². The first-order chi connectivity index (χ1) is 22.7. The number of aryl methyl sites for hydroxylation is 1. The van der Waals surface area contributed by atoms with Gasteiger partial charge in [-0.05, 0) is 84.7 Å². The monoisotopic (exact) mass is 669 g/mol. The molecule has 0 fully saturated rings. The lowest BCUT2D eigenvalue weighted by molar-refractivity contribution is -0.923. The summed E-state index contributed by atoms with van der Waals surface area (Å²) >= 11 is 1.19. The van der Waals surface area contributed by atoms with E-state index in [9.17, 15) is 10.5 Å². The molecule has 0 aliphatic carbocycles. The first kappa shape index (κ1) is 40.3. The molecular weight excluding hydrogens is 611 g/mol. The van der Waals surface area contributed by atoms with Gasteiger partial charge in [-0.1, -0.05) is 0 Å². The minimum Gasteiger partial charge on any atom is -0.377 e. The summed E-state index contributed by atoms with van der Waals surface area (Å²) in [4.78, 5) is 2.78. The Morgan fingerprint density at radius 3 is 1.68 bits per heavy atom. The zero-order chi connectivity index (χ0) is 34.7. The van der Waals surface area contributed by atoms with Crippen LogP contribution in [0.15, 0.2) is 28.4 Å². The van der Waals surface area contributed by atoms with Crippen LogP contribution in [0.25, 0.3) is 0 Å². The van der Waals surface area contributed by atoms with Gasteiger partial charge in [-0.15, -0.1) is 21.6 Å². The number of thiophene rings is 1. The lowest BCUT2D eigenvalue weighted by Crippen LogP contribution is -2.49. The van der Waals surface area contributed by atoms with Gasteiger partial charge in [0.25, 0.3) is 0 Å². The molecule has 1 aromatic heterocycles. The van der Waals surface area contributed by atoms with Crippen LogP contribution >= 0.6 is 11.3 Å². The fraction of sp³-hybridized carbons (Fsp3) is 0.667. The Morgan fingerprint density at radius 1 is 0.702 bits per heavy atom. The molecule has 0 aliphatic heterocycles. The fourth-order valence-electron chi connectivity index (χ4n) is 5.81. The Labute approximate surface area is 288 Å². The molecule has 260 valence electrons. The summed E-state index contributed by atoms with van der Waals surface area (Å²) in [7, 11) is 0. The van der Waals surface area contributed by atoms with Crippen molar-refractivity contribution in [2.75, 3.05) is 110 Å². The van der Waals surface area contributed by atoms with Gasteiger partial charge in [-0.25, -0.2) is 0 Å². The van der Waals surface area contributed by atoms with Crippen molar-refractivity contribution in [1.29, 1.82) is 10.5 Å². The minimum absolute atomic E-state index is 0.407. The molecule has 10 nitrogen and oxygen atoms in total. The van der Waals surface area contributed by atoms with Crippen LogP contribution in [-0.2, 0) is 14.2 Å². The second kappa shape index (κ2) is 21.1. The van der Waals surface area contributed by atoms with Crippen molar-refractivity contribution in [1.82, 2.24) is 0 Å². The average molecular weight is 670 g/mol. The molecular formula is C36H59N7O3S+2. The highest BCUT2D eigenvalue weighted by Crippen LogP contribution is 2.36. The molecule has 2 aromatic rings. The predicted molar refractivity (Wildman–Crippen MR) is 192 cm³/mol. The maximum atomic E-state index is 9.55. The van der Waals surface area contributed by atoms with Gasteiger partial charge >= 0.3 is 0 Å². The van der Waals surface area contributed by atoms with Crippen LogP contribution in [-0.4, -0.2) is 114 Å². The van der Waals surface area contributed by atoms with E-state index < -0.39 is 0 Å². The highest BCUT2D eigenvalue weighted by Gasteiger charge is 2.21. The lowest BCUT2D eigenvalue weighted by Gasteiger charge is -2.35. The molecule has 0 unspecified atom stereocenters. The summed E-state index contributed by atoms with van der Waals surface area (Å²) in [5.74, 6) is 0. The van der Waals surface area contributed by atoms with E-state index in [0.717, 1.165) is 105 Å². The van der Waals surface area contributed by atoms with Crippen molar-refractivity contribution in [3.05, 3.63) is 39.8 Å². The Morgan fingerprint density at radius 2 is 1.21 bits per heavy atom. The minimum atomic E-state index is 0.407. The highest BCUT2D eigenvalue weighted by atomic mass is 32.1. The number of hydrogen-bond acceptors (Lipinski definition) is 9. The van der Waals surface area contributed by atoms with Gasteiger partial charge in [0.05, 0.1) is 90.2 Å². The van der Waals surface area contributed by atoms with Crippen LogP contribution in [0.3, 0.4) is 0 Å². The molecule has 0 bridgehead atoms. The first-order valence-corrected chi connectivity index (χ1v) is 18.2. The number of nitriles is 2. The first-order valence-electron chi connectivity index (χ1n) is 17.4. The number of benzene rings is 1. The SMILES string of the molecule is CC[N+](CC)(CC)CCOCCOCCN(CCOCC[N+](CC)(CC)CC)c1ccc(/N=N/c2sc(C#N)c(C)c2C#N)c(C)c1. The summed E-state index contributed by atoms with van der Waals surface area (Å²) < 4.78 is 20.2. The van der Waals surface area contributed by atoms with Crippen LogP contribution < -0.4 is 4.90 Å². The number of quaternary nitrogens is 2. The molecule has 1 heterocycles. The second-order valence-electron chi connectivity index (χ2n) is 12.0. The van der Waals surface area contributed by atoms with Crippen molar-refractivity contribution in [2.45, 2.75) is 55.4 Å². The maximum Gasteiger partial charge on any atom is 0.158 e. The van der Waals surface area contributed by atoms with Crippen molar-refractivity contribution < 1.29 is 23.2 Å². The zero-order valence-corrected chi connectivity index (χ0v) is 31.1. The average Bonchev–Trinajstić information content (AvgIpc) is 3.42. The fourth-order valence-corrected chi connectivity index (χ4v) is 6.68. The quantitative estimate of drug-likeness (QED) is 0.0669. The molecule has 0 radical (unpaired) electrons. The van der Waals surface area contributed by atoms with Gasteiger partial charge in [-0.2, -0.15) is 10.5 Å². The molecule has 0 spiro atoms. The number of hydrogen-bond donors (Lipinski definition) is 0. The standard InChI is InChI=1S/C36H59N7O3S/c1-9-42(10-2,11-3)19-23-44-21-17-41(18-22-45-25-26-46-24-20-43(12-4,13-5)14-6)32-15-16-34(30(7)27-32)39-40-36-33(28-37)31(8)35(29-38)47-36/h15-16,27H,9-14,17-26H2,1-8H3/q+2/b40-39+. The molecule has 11 heteroatoms. The molecule has 0 atom stereocenters.